The monoisotopic (exact) mass is 443 g/mol. The van der Waals surface area contributed by atoms with Crippen molar-refractivity contribution in [2.45, 2.75) is 26.6 Å². The van der Waals surface area contributed by atoms with Gasteiger partial charge in [-0.05, 0) is 42.5 Å². The summed E-state index contributed by atoms with van der Waals surface area (Å²) in [7, 11) is 1.27. The number of carbonyl (C=O) groups excluding carboxylic acids is 2. The van der Waals surface area contributed by atoms with E-state index in [0.717, 1.165) is 32.5 Å². The van der Waals surface area contributed by atoms with Gasteiger partial charge in [-0.25, -0.2) is 4.79 Å². The van der Waals surface area contributed by atoms with Crippen molar-refractivity contribution in [1.29, 1.82) is 0 Å². The number of carbonyl (C=O) groups is 2. The van der Waals surface area contributed by atoms with Crippen molar-refractivity contribution in [2.75, 3.05) is 12.4 Å². The Kier molecular flexibility index (Phi) is 5.80. The maximum atomic E-state index is 12.6. The molecular formula is C18H16F3N3O3S2. The fourth-order valence-corrected chi connectivity index (χ4v) is 4.44. The van der Waals surface area contributed by atoms with E-state index in [9.17, 15) is 22.8 Å². The number of methoxy groups -OCH3 is 1. The summed E-state index contributed by atoms with van der Waals surface area (Å²) in [5.74, 6) is -0.947. The van der Waals surface area contributed by atoms with Gasteiger partial charge in [0, 0.05) is 11.1 Å². The molecule has 0 bridgehead atoms. The maximum absolute atomic E-state index is 12.6. The summed E-state index contributed by atoms with van der Waals surface area (Å²) in [6.07, 6.45) is -3.26. The quantitative estimate of drug-likeness (QED) is 0.579. The molecule has 3 aromatic heterocycles. The van der Waals surface area contributed by atoms with Crippen LogP contribution in [-0.4, -0.2) is 28.8 Å². The molecule has 3 rings (SSSR count). The lowest BCUT2D eigenvalue weighted by molar-refractivity contribution is -0.141. The first-order valence-corrected chi connectivity index (χ1v) is 9.97. The van der Waals surface area contributed by atoms with Crippen LogP contribution in [0.25, 0.3) is 0 Å². The molecule has 0 spiro atoms. The van der Waals surface area contributed by atoms with Crippen molar-refractivity contribution in [3.05, 3.63) is 55.8 Å². The first kappa shape index (κ1) is 21.1. The number of thiophene rings is 2. The Morgan fingerprint density at radius 2 is 2.03 bits per heavy atom. The van der Waals surface area contributed by atoms with Gasteiger partial charge in [-0.2, -0.15) is 18.3 Å². The second-order valence-electron chi connectivity index (χ2n) is 6.15. The van der Waals surface area contributed by atoms with Gasteiger partial charge in [0.15, 0.2) is 5.69 Å². The van der Waals surface area contributed by atoms with Crippen molar-refractivity contribution >= 4 is 39.6 Å². The van der Waals surface area contributed by atoms with Crippen LogP contribution in [-0.2, 0) is 17.5 Å². The van der Waals surface area contributed by atoms with Gasteiger partial charge in [-0.15, -0.1) is 22.7 Å². The molecule has 0 unspecified atom stereocenters. The Balaban J connectivity index is 1.74. The van der Waals surface area contributed by atoms with Crippen LogP contribution in [0.1, 0.15) is 41.7 Å². The van der Waals surface area contributed by atoms with Gasteiger partial charge >= 0.3 is 12.1 Å². The van der Waals surface area contributed by atoms with E-state index in [-0.39, 0.29) is 6.54 Å². The normalized spacial score (nSPS) is 11.5. The number of hydrogen-bond acceptors (Lipinski definition) is 6. The number of amides is 1. The zero-order chi connectivity index (χ0) is 21.3. The SMILES string of the molecule is COC(=O)c1c(NC(=O)c2cc(Cn3ccc(C(F)(F)F)n3)cs2)sc(C)c1C. The summed E-state index contributed by atoms with van der Waals surface area (Å²) in [5.41, 5.74) is 0.729. The van der Waals surface area contributed by atoms with Crippen LogP contribution < -0.4 is 5.32 Å². The lowest BCUT2D eigenvalue weighted by Gasteiger charge is -2.05. The molecule has 1 amide bonds. The van der Waals surface area contributed by atoms with Crippen molar-refractivity contribution in [2.24, 2.45) is 0 Å². The molecule has 0 aliphatic carbocycles. The van der Waals surface area contributed by atoms with Crippen molar-refractivity contribution in [3.8, 4) is 0 Å². The zero-order valence-electron chi connectivity index (χ0n) is 15.6. The third-order valence-electron chi connectivity index (χ3n) is 4.16. The molecule has 0 aliphatic heterocycles. The minimum Gasteiger partial charge on any atom is -0.465 e. The highest BCUT2D eigenvalue weighted by Crippen LogP contribution is 2.33. The van der Waals surface area contributed by atoms with Crippen LogP contribution in [0.3, 0.4) is 0 Å². The van der Waals surface area contributed by atoms with E-state index in [4.69, 9.17) is 4.74 Å². The number of anilines is 1. The number of aromatic nitrogens is 2. The topological polar surface area (TPSA) is 73.2 Å². The van der Waals surface area contributed by atoms with Gasteiger partial charge in [-0.1, -0.05) is 0 Å². The molecule has 1 N–H and O–H groups in total. The highest BCUT2D eigenvalue weighted by atomic mass is 32.1. The number of esters is 1. The summed E-state index contributed by atoms with van der Waals surface area (Å²) >= 11 is 2.43. The fourth-order valence-electron chi connectivity index (χ4n) is 2.59. The Labute approximate surface area is 171 Å². The average Bonchev–Trinajstić information content (AvgIpc) is 3.35. The van der Waals surface area contributed by atoms with Crippen LogP contribution in [0.2, 0.25) is 0 Å². The molecule has 11 heteroatoms. The third kappa shape index (κ3) is 4.51. The first-order valence-electron chi connectivity index (χ1n) is 8.28. The second-order valence-corrected chi connectivity index (χ2v) is 8.28. The molecule has 0 saturated carbocycles. The Morgan fingerprint density at radius 3 is 2.66 bits per heavy atom. The molecular weight excluding hydrogens is 427 g/mol. The van der Waals surface area contributed by atoms with E-state index >= 15 is 0 Å². The molecule has 0 aromatic carbocycles. The predicted octanol–water partition coefficient (Wildman–Crippen LogP) is 4.73. The number of hydrogen-bond donors (Lipinski definition) is 1. The van der Waals surface area contributed by atoms with Gasteiger partial charge in [0.05, 0.1) is 24.1 Å². The van der Waals surface area contributed by atoms with Crippen molar-refractivity contribution in [1.82, 2.24) is 9.78 Å². The number of rotatable bonds is 5. The Bertz CT molecular complexity index is 1070. The van der Waals surface area contributed by atoms with E-state index in [1.54, 1.807) is 18.4 Å². The molecule has 0 saturated heterocycles. The number of nitrogens with zero attached hydrogens (tertiary/aromatic N) is 2. The highest BCUT2D eigenvalue weighted by Gasteiger charge is 2.33. The van der Waals surface area contributed by atoms with Crippen LogP contribution in [0.15, 0.2) is 23.7 Å². The van der Waals surface area contributed by atoms with Gasteiger partial charge in [0.25, 0.3) is 5.91 Å². The molecule has 29 heavy (non-hydrogen) atoms. The molecule has 0 aliphatic rings. The number of halogens is 3. The molecule has 3 heterocycles. The number of alkyl halides is 3. The Morgan fingerprint density at radius 1 is 1.31 bits per heavy atom. The third-order valence-corrected chi connectivity index (χ3v) is 6.26. The van der Waals surface area contributed by atoms with E-state index < -0.39 is 23.7 Å². The predicted molar refractivity (Wildman–Crippen MR) is 104 cm³/mol. The standard InChI is InChI=1S/C18H16F3N3O3S2/c1-9-10(2)29-16(14(9)17(26)27-3)22-15(25)12-6-11(8-28-12)7-24-5-4-13(23-24)18(19,20)21/h4-6,8H,7H2,1-3H3,(H,22,25). The lowest BCUT2D eigenvalue weighted by atomic mass is 10.1. The van der Waals surface area contributed by atoms with Crippen LogP contribution in [0, 0.1) is 13.8 Å². The maximum Gasteiger partial charge on any atom is 0.435 e. The summed E-state index contributed by atoms with van der Waals surface area (Å²) in [6.45, 7) is 3.71. The first-order chi connectivity index (χ1) is 13.6. The summed E-state index contributed by atoms with van der Waals surface area (Å²) in [4.78, 5) is 25.8. The molecule has 0 radical (unpaired) electrons. The van der Waals surface area contributed by atoms with Crippen LogP contribution >= 0.6 is 22.7 Å². The Hall–Kier alpha value is -2.66. The smallest absolute Gasteiger partial charge is 0.435 e. The van der Waals surface area contributed by atoms with Crippen LogP contribution in [0.4, 0.5) is 18.2 Å². The fraction of sp³-hybridized carbons (Fsp3) is 0.278. The minimum absolute atomic E-state index is 0.102. The largest absolute Gasteiger partial charge is 0.465 e. The summed E-state index contributed by atoms with van der Waals surface area (Å²) in [6, 6.07) is 2.48. The lowest BCUT2D eigenvalue weighted by Crippen LogP contribution is -2.13. The summed E-state index contributed by atoms with van der Waals surface area (Å²) < 4.78 is 43.9. The highest BCUT2D eigenvalue weighted by molar-refractivity contribution is 7.17. The zero-order valence-corrected chi connectivity index (χ0v) is 17.2. The van der Waals surface area contributed by atoms with Crippen molar-refractivity contribution < 1.29 is 27.5 Å². The van der Waals surface area contributed by atoms with Crippen LogP contribution in [0.5, 0.6) is 0 Å². The van der Waals surface area contributed by atoms with Gasteiger partial charge in [-0.3, -0.25) is 9.48 Å². The van der Waals surface area contributed by atoms with Gasteiger partial charge in [0.1, 0.15) is 5.00 Å². The molecule has 0 atom stereocenters. The van der Waals surface area contributed by atoms with E-state index in [2.05, 4.69) is 10.4 Å². The van der Waals surface area contributed by atoms with Crippen molar-refractivity contribution in [3.63, 3.8) is 0 Å². The number of nitrogens with one attached hydrogen (secondary N) is 1. The molecule has 6 nitrogen and oxygen atoms in total. The number of aryl methyl sites for hydroxylation is 1. The molecule has 154 valence electrons. The van der Waals surface area contributed by atoms with Gasteiger partial charge < -0.3 is 10.1 Å². The second kappa shape index (κ2) is 7.99. The van der Waals surface area contributed by atoms with Gasteiger partial charge in [0.2, 0.25) is 0 Å². The molecule has 0 fully saturated rings. The average molecular weight is 443 g/mol. The van der Waals surface area contributed by atoms with E-state index in [1.165, 1.54) is 24.6 Å². The molecule has 3 aromatic rings. The minimum atomic E-state index is -4.50. The van der Waals surface area contributed by atoms with E-state index in [1.807, 2.05) is 6.92 Å². The number of ether oxygens (including phenoxy) is 1. The summed E-state index contributed by atoms with van der Waals surface area (Å²) in [5, 5.41) is 8.29. The van der Waals surface area contributed by atoms with E-state index in [0.29, 0.717) is 21.0 Å².